The average molecular weight is 412 g/mol. The van der Waals surface area contributed by atoms with Crippen molar-refractivity contribution in [3.63, 3.8) is 0 Å². The number of hydrogen-bond acceptors (Lipinski definition) is 4. The van der Waals surface area contributed by atoms with Crippen molar-refractivity contribution in [2.24, 2.45) is 34.5 Å². The molecule has 0 bridgehead atoms. The molecule has 0 spiro atoms. The molecule has 7 heteroatoms. The number of carbonyl (C=O) groups is 2. The molecule has 8 atom stereocenters. The van der Waals surface area contributed by atoms with E-state index in [4.69, 9.17) is 0 Å². The molecule has 4 aliphatic carbocycles. The maximum atomic E-state index is 16.8. The van der Waals surface area contributed by atoms with Crippen molar-refractivity contribution in [2.75, 3.05) is 0 Å². The van der Waals surface area contributed by atoms with Gasteiger partial charge < -0.3 is 10.2 Å². The Morgan fingerprint density at radius 2 is 1.86 bits per heavy atom. The van der Waals surface area contributed by atoms with Gasteiger partial charge in [0.15, 0.2) is 10.9 Å². The first-order chi connectivity index (χ1) is 12.9. The lowest BCUT2D eigenvalue weighted by atomic mass is 9.45. The molecule has 3 fully saturated rings. The molecular formula is C21H26F2O4S. The van der Waals surface area contributed by atoms with E-state index in [1.807, 2.05) is 13.8 Å². The summed E-state index contributed by atoms with van der Waals surface area (Å²) in [4.78, 5) is 25.1. The number of alkyl halides is 2. The molecule has 0 aromatic rings. The van der Waals surface area contributed by atoms with E-state index in [1.54, 1.807) is 0 Å². The van der Waals surface area contributed by atoms with Crippen molar-refractivity contribution in [1.29, 1.82) is 0 Å². The van der Waals surface area contributed by atoms with Gasteiger partial charge in [0.25, 0.3) is 0 Å². The number of aliphatic hydroxyl groups is 2. The molecule has 0 amide bonds. The van der Waals surface area contributed by atoms with Crippen LogP contribution in [0.5, 0.6) is 0 Å². The molecule has 3 saturated carbocycles. The fourth-order valence-electron chi connectivity index (χ4n) is 7.13. The monoisotopic (exact) mass is 412 g/mol. The Morgan fingerprint density at radius 3 is 2.46 bits per heavy atom. The summed E-state index contributed by atoms with van der Waals surface area (Å²) >= 11 is 4.07. The van der Waals surface area contributed by atoms with Crippen molar-refractivity contribution in [3.8, 4) is 0 Å². The molecule has 28 heavy (non-hydrogen) atoms. The standard InChI is InChI=1S/C21H26F2O4S/c1-9-6-10-11-7-13(22)12-8-14(24)16(25)17(26)20(12,3)21(11,23)5-4-19(10,2)15(9)18(27)28/h8-11,13,15,24-25H,4-7H2,1-3H3,(H,27,28)/t9-,10+,11+,13+,15-,19+,20-,21-/m1/s1. The van der Waals surface area contributed by atoms with Crippen LogP contribution in [0.3, 0.4) is 0 Å². The Labute approximate surface area is 168 Å². The van der Waals surface area contributed by atoms with E-state index in [0.29, 0.717) is 12.8 Å². The molecule has 0 aromatic heterocycles. The summed E-state index contributed by atoms with van der Waals surface area (Å²) < 4.78 is 32.0. The van der Waals surface area contributed by atoms with Crippen LogP contribution >= 0.6 is 12.6 Å². The fraction of sp³-hybridized carbons (Fsp3) is 0.714. The molecule has 0 saturated heterocycles. The zero-order valence-corrected chi connectivity index (χ0v) is 17.1. The van der Waals surface area contributed by atoms with Gasteiger partial charge in [0, 0.05) is 11.8 Å². The minimum Gasteiger partial charge on any atom is -0.504 e. The zero-order valence-electron chi connectivity index (χ0n) is 16.2. The van der Waals surface area contributed by atoms with Gasteiger partial charge in [-0.15, -0.1) is 12.6 Å². The quantitative estimate of drug-likeness (QED) is 0.557. The number of hydrogen-bond donors (Lipinski definition) is 3. The van der Waals surface area contributed by atoms with Gasteiger partial charge in [-0.25, -0.2) is 8.78 Å². The molecule has 2 N–H and O–H groups in total. The predicted octanol–water partition coefficient (Wildman–Crippen LogP) is 4.42. The smallest absolute Gasteiger partial charge is 0.214 e. The van der Waals surface area contributed by atoms with E-state index in [2.05, 4.69) is 12.6 Å². The average Bonchev–Trinajstić information content (AvgIpc) is 2.88. The number of Topliss-reactive ketones (excluding diaryl/α,β-unsaturated/α-hetero) is 1. The Kier molecular flexibility index (Phi) is 4.15. The minimum absolute atomic E-state index is 0.00422. The second-order valence-electron chi connectivity index (χ2n) is 9.60. The zero-order chi connectivity index (χ0) is 20.8. The van der Waals surface area contributed by atoms with Crippen LogP contribution in [0.15, 0.2) is 23.2 Å². The van der Waals surface area contributed by atoms with Crippen LogP contribution in [0.25, 0.3) is 0 Å². The highest BCUT2D eigenvalue weighted by Gasteiger charge is 2.72. The van der Waals surface area contributed by atoms with E-state index >= 15 is 8.78 Å². The number of aliphatic hydroxyl groups excluding tert-OH is 2. The van der Waals surface area contributed by atoms with E-state index in [9.17, 15) is 19.8 Å². The number of allylic oxidation sites excluding steroid dienone is 3. The first kappa shape index (κ1) is 19.9. The summed E-state index contributed by atoms with van der Waals surface area (Å²) in [6.45, 7) is 5.26. The number of halogens is 2. The van der Waals surface area contributed by atoms with Crippen LogP contribution in [0.2, 0.25) is 0 Å². The van der Waals surface area contributed by atoms with Gasteiger partial charge in [0.05, 0.1) is 5.41 Å². The number of ketones is 1. The summed E-state index contributed by atoms with van der Waals surface area (Å²) in [5, 5.41) is 19.6. The topological polar surface area (TPSA) is 74.6 Å². The molecular weight excluding hydrogens is 386 g/mol. The van der Waals surface area contributed by atoms with Crippen LogP contribution < -0.4 is 0 Å². The molecule has 0 unspecified atom stereocenters. The minimum atomic E-state index is -2.05. The van der Waals surface area contributed by atoms with Gasteiger partial charge >= 0.3 is 0 Å². The predicted molar refractivity (Wildman–Crippen MR) is 102 cm³/mol. The Hall–Kier alpha value is -1.37. The highest BCUT2D eigenvalue weighted by molar-refractivity contribution is 7.96. The summed E-state index contributed by atoms with van der Waals surface area (Å²) in [6, 6.07) is 0. The summed E-state index contributed by atoms with van der Waals surface area (Å²) in [5.41, 5.74) is -4.50. The molecule has 4 aliphatic rings. The first-order valence-electron chi connectivity index (χ1n) is 9.84. The third-order valence-corrected chi connectivity index (χ3v) is 8.81. The van der Waals surface area contributed by atoms with Gasteiger partial charge in [0.1, 0.15) is 11.8 Å². The van der Waals surface area contributed by atoms with E-state index < -0.39 is 45.9 Å². The van der Waals surface area contributed by atoms with E-state index in [0.717, 1.165) is 6.08 Å². The van der Waals surface area contributed by atoms with Gasteiger partial charge in [-0.2, -0.15) is 0 Å². The summed E-state index contributed by atoms with van der Waals surface area (Å²) in [5.74, 6) is -3.91. The number of fused-ring (bicyclic) bond motifs is 5. The van der Waals surface area contributed by atoms with Gasteiger partial charge in [-0.3, -0.25) is 9.59 Å². The third-order valence-electron chi connectivity index (χ3n) is 8.53. The first-order valence-corrected chi connectivity index (χ1v) is 10.3. The Morgan fingerprint density at radius 1 is 1.21 bits per heavy atom. The molecule has 0 radical (unpaired) electrons. The summed E-state index contributed by atoms with van der Waals surface area (Å²) in [6.07, 6.45) is 0.281. The van der Waals surface area contributed by atoms with Crippen molar-refractivity contribution in [2.45, 2.75) is 58.3 Å². The van der Waals surface area contributed by atoms with Crippen LogP contribution in [0, 0.1) is 34.5 Å². The lowest BCUT2D eigenvalue weighted by Crippen LogP contribution is -2.65. The molecule has 0 aromatic carbocycles. The normalized spacial score (nSPS) is 50.6. The van der Waals surface area contributed by atoms with Crippen molar-refractivity contribution in [1.82, 2.24) is 0 Å². The molecule has 4 nitrogen and oxygen atoms in total. The van der Waals surface area contributed by atoms with Crippen LogP contribution in [0.4, 0.5) is 8.78 Å². The van der Waals surface area contributed by atoms with E-state index in [-0.39, 0.29) is 41.3 Å². The second-order valence-corrected chi connectivity index (χ2v) is 10.0. The fourth-order valence-corrected chi connectivity index (χ4v) is 7.68. The molecule has 0 aliphatic heterocycles. The Bertz CT molecular complexity index is 838. The highest BCUT2D eigenvalue weighted by Crippen LogP contribution is 2.70. The lowest BCUT2D eigenvalue weighted by Gasteiger charge is -2.60. The maximum Gasteiger partial charge on any atom is 0.214 e. The van der Waals surface area contributed by atoms with Crippen LogP contribution in [-0.2, 0) is 9.59 Å². The van der Waals surface area contributed by atoms with Gasteiger partial charge in [0.2, 0.25) is 11.5 Å². The van der Waals surface area contributed by atoms with Crippen LogP contribution in [0.1, 0.15) is 46.5 Å². The van der Waals surface area contributed by atoms with Crippen molar-refractivity contribution in [3.05, 3.63) is 23.2 Å². The SMILES string of the molecule is C[C@@H]1C[C@H]2[C@@H]3C[C@H](F)C4=CC(O)=C(O)C(=O)[C@]4(C)[C@@]3(F)CC[C@]2(C)[C@H]1C(=O)S. The molecule has 154 valence electrons. The second kappa shape index (κ2) is 5.83. The molecule has 4 rings (SSSR count). The number of thiol groups is 1. The summed E-state index contributed by atoms with van der Waals surface area (Å²) in [7, 11) is 0. The lowest BCUT2D eigenvalue weighted by molar-refractivity contribution is -0.168. The van der Waals surface area contributed by atoms with Crippen LogP contribution in [-0.4, -0.2) is 33.0 Å². The third kappa shape index (κ3) is 2.12. The Balaban J connectivity index is 1.84. The van der Waals surface area contributed by atoms with Gasteiger partial charge in [-0.05, 0) is 61.5 Å². The largest absolute Gasteiger partial charge is 0.504 e. The van der Waals surface area contributed by atoms with Gasteiger partial charge in [-0.1, -0.05) is 13.8 Å². The van der Waals surface area contributed by atoms with Crippen molar-refractivity contribution < 1.29 is 28.6 Å². The van der Waals surface area contributed by atoms with E-state index in [1.165, 1.54) is 6.92 Å². The van der Waals surface area contributed by atoms with Crippen molar-refractivity contribution >= 4 is 23.5 Å². The molecule has 0 heterocycles. The maximum absolute atomic E-state index is 16.8. The highest BCUT2D eigenvalue weighted by atomic mass is 32.1. The number of carbonyl (C=O) groups excluding carboxylic acids is 2. The number of rotatable bonds is 1.